The van der Waals surface area contributed by atoms with E-state index in [-0.39, 0.29) is 0 Å². The summed E-state index contributed by atoms with van der Waals surface area (Å²) in [6.45, 7) is 2.12. The highest BCUT2D eigenvalue weighted by Crippen LogP contribution is 2.51. The molecule has 1 aliphatic rings. The van der Waals surface area contributed by atoms with Crippen molar-refractivity contribution in [1.82, 2.24) is 4.98 Å². The van der Waals surface area contributed by atoms with Gasteiger partial charge in [0.05, 0.1) is 10.3 Å². The summed E-state index contributed by atoms with van der Waals surface area (Å²) in [5.74, 6) is 0. The average molecular weight is 227 g/mol. The first-order valence-corrected chi connectivity index (χ1v) is 6.65. The summed E-state index contributed by atoms with van der Waals surface area (Å²) in [6.07, 6.45) is 1.83. The van der Waals surface area contributed by atoms with E-state index in [1.165, 1.54) is 10.5 Å². The lowest BCUT2D eigenvalue weighted by Gasteiger charge is -2.00. The molecule has 0 fully saturated rings. The Morgan fingerprint density at radius 2 is 2.31 bits per heavy atom. The molecular weight excluding hydrogens is 218 g/mol. The Morgan fingerprint density at radius 1 is 1.46 bits per heavy atom. The van der Waals surface area contributed by atoms with Gasteiger partial charge in [0.25, 0.3) is 0 Å². The minimum atomic E-state index is 0.321. The van der Waals surface area contributed by atoms with Crippen LogP contribution in [-0.2, 0) is 0 Å². The van der Waals surface area contributed by atoms with E-state index >= 15 is 0 Å². The predicted molar refractivity (Wildman–Crippen MR) is 64.8 cm³/mol. The van der Waals surface area contributed by atoms with E-state index in [0.29, 0.717) is 4.58 Å². The molecule has 0 saturated carbocycles. The van der Waals surface area contributed by atoms with Gasteiger partial charge in [-0.15, -0.1) is 0 Å². The lowest BCUT2D eigenvalue weighted by Crippen LogP contribution is -1.89. The Hall–Kier alpha value is -0.0600. The fraction of sp³-hybridized carbons (Fsp3) is 0.222. The molecule has 0 aliphatic carbocycles. The Labute approximate surface area is 91.2 Å². The van der Waals surface area contributed by atoms with Crippen LogP contribution in [0.4, 0.5) is 0 Å². The van der Waals surface area contributed by atoms with Gasteiger partial charge in [0.2, 0.25) is 0 Å². The van der Waals surface area contributed by atoms with Crippen molar-refractivity contribution in [2.75, 3.05) is 0 Å². The molecule has 0 bridgehead atoms. The second kappa shape index (κ2) is 3.98. The summed E-state index contributed by atoms with van der Waals surface area (Å²) in [5, 5.41) is 0. The highest BCUT2D eigenvalue weighted by atomic mass is 33.1. The molecule has 1 aromatic heterocycles. The van der Waals surface area contributed by atoms with Gasteiger partial charge in [-0.2, -0.15) is 12.6 Å². The number of pyridine rings is 1. The summed E-state index contributed by atoms with van der Waals surface area (Å²) in [4.78, 5) is 5.59. The number of hydrogen-bond donors (Lipinski definition) is 1. The third-order valence-electron chi connectivity index (χ3n) is 1.85. The summed E-state index contributed by atoms with van der Waals surface area (Å²) in [6, 6.07) is 5.99. The van der Waals surface area contributed by atoms with Crippen LogP contribution in [-0.4, -0.2) is 9.57 Å². The first-order valence-electron chi connectivity index (χ1n) is 3.92. The average Bonchev–Trinajstić information content (AvgIpc) is 2.49. The second-order valence-electron chi connectivity index (χ2n) is 2.76. The predicted octanol–water partition coefficient (Wildman–Crippen LogP) is 3.46. The van der Waals surface area contributed by atoms with Gasteiger partial charge in [-0.25, -0.2) is 0 Å². The van der Waals surface area contributed by atoms with Crippen LogP contribution in [0.25, 0.3) is 4.91 Å². The van der Waals surface area contributed by atoms with Crippen LogP contribution >= 0.6 is 34.2 Å². The van der Waals surface area contributed by atoms with Crippen LogP contribution in [0.15, 0.2) is 30.0 Å². The van der Waals surface area contributed by atoms with E-state index in [4.69, 9.17) is 0 Å². The largest absolute Gasteiger partial charge is 0.256 e. The molecule has 0 N–H and O–H groups in total. The quantitative estimate of drug-likeness (QED) is 0.583. The van der Waals surface area contributed by atoms with Crippen LogP contribution in [0.1, 0.15) is 12.6 Å². The summed E-state index contributed by atoms with van der Waals surface area (Å²) in [7, 11) is 3.54. The minimum absolute atomic E-state index is 0.321. The topological polar surface area (TPSA) is 12.9 Å². The van der Waals surface area contributed by atoms with E-state index in [9.17, 15) is 0 Å². The highest BCUT2D eigenvalue weighted by Gasteiger charge is 2.22. The van der Waals surface area contributed by atoms with Crippen LogP contribution < -0.4 is 0 Å². The molecule has 1 nitrogen and oxygen atoms in total. The fourth-order valence-electron chi connectivity index (χ4n) is 1.09. The smallest absolute Gasteiger partial charge is 0.0800 e. The van der Waals surface area contributed by atoms with Gasteiger partial charge in [-0.1, -0.05) is 27.7 Å². The van der Waals surface area contributed by atoms with Crippen molar-refractivity contribution in [3.05, 3.63) is 35.7 Å². The normalized spacial score (nSPS) is 22.5. The fourth-order valence-corrected chi connectivity index (χ4v) is 4.31. The summed E-state index contributed by atoms with van der Waals surface area (Å²) < 4.78 is 0.321. The van der Waals surface area contributed by atoms with Crippen LogP contribution in [0.2, 0.25) is 0 Å². The third kappa shape index (κ3) is 1.90. The van der Waals surface area contributed by atoms with E-state index in [2.05, 4.69) is 24.5 Å². The van der Waals surface area contributed by atoms with E-state index < -0.39 is 0 Å². The van der Waals surface area contributed by atoms with E-state index in [0.717, 1.165) is 5.69 Å². The maximum Gasteiger partial charge on any atom is 0.0800 e. The molecule has 0 amide bonds. The minimum Gasteiger partial charge on any atom is -0.256 e. The van der Waals surface area contributed by atoms with E-state index in [1.807, 2.05) is 24.4 Å². The molecule has 1 aliphatic heterocycles. The number of nitrogens with zero attached hydrogens (tertiary/aromatic N) is 1. The third-order valence-corrected chi connectivity index (χ3v) is 5.68. The van der Waals surface area contributed by atoms with Gasteiger partial charge < -0.3 is 0 Å². The van der Waals surface area contributed by atoms with E-state index in [1.54, 1.807) is 21.6 Å². The summed E-state index contributed by atoms with van der Waals surface area (Å²) >= 11 is 4.45. The molecule has 0 saturated heterocycles. The van der Waals surface area contributed by atoms with Crippen molar-refractivity contribution in [1.29, 1.82) is 0 Å². The van der Waals surface area contributed by atoms with Crippen molar-refractivity contribution in [2.24, 2.45) is 0 Å². The number of hydrogen-bond acceptors (Lipinski definition) is 4. The molecule has 2 heterocycles. The van der Waals surface area contributed by atoms with Gasteiger partial charge in [-0.05, 0) is 24.6 Å². The number of rotatable bonds is 1. The second-order valence-corrected chi connectivity index (χ2v) is 5.94. The van der Waals surface area contributed by atoms with Crippen molar-refractivity contribution in [3.8, 4) is 0 Å². The molecule has 4 heteroatoms. The highest BCUT2D eigenvalue weighted by molar-refractivity contribution is 8.82. The van der Waals surface area contributed by atoms with Gasteiger partial charge in [0.1, 0.15) is 0 Å². The molecule has 0 aromatic carbocycles. The van der Waals surface area contributed by atoms with Crippen LogP contribution in [0, 0.1) is 0 Å². The Kier molecular flexibility index (Phi) is 2.91. The molecule has 68 valence electrons. The van der Waals surface area contributed by atoms with Crippen molar-refractivity contribution in [2.45, 2.75) is 11.5 Å². The van der Waals surface area contributed by atoms with Crippen molar-refractivity contribution < 1.29 is 0 Å². The molecule has 1 unspecified atom stereocenters. The standard InChI is InChI=1S/C9H9NS3/c1-6-8(12-13-9(6)11)7-4-2-3-5-10-7/h2-5,9,11H,1H3. The van der Waals surface area contributed by atoms with Crippen LogP contribution in [0.5, 0.6) is 0 Å². The van der Waals surface area contributed by atoms with Crippen LogP contribution in [0.3, 0.4) is 0 Å². The number of thiol groups is 1. The molecule has 1 aromatic rings. The maximum absolute atomic E-state index is 4.45. The lowest BCUT2D eigenvalue weighted by molar-refractivity contribution is 1.27. The Balaban J connectivity index is 2.38. The first kappa shape index (κ1) is 9.49. The van der Waals surface area contributed by atoms with Gasteiger partial charge in [0.15, 0.2) is 0 Å². The lowest BCUT2D eigenvalue weighted by atomic mass is 10.2. The monoisotopic (exact) mass is 227 g/mol. The first-order chi connectivity index (χ1) is 6.29. The number of aromatic nitrogens is 1. The van der Waals surface area contributed by atoms with Gasteiger partial charge >= 0.3 is 0 Å². The van der Waals surface area contributed by atoms with Gasteiger partial charge in [0, 0.05) is 11.1 Å². The molecule has 0 spiro atoms. The van der Waals surface area contributed by atoms with Gasteiger partial charge in [-0.3, -0.25) is 4.98 Å². The molecule has 2 rings (SSSR count). The molecular formula is C9H9NS3. The zero-order chi connectivity index (χ0) is 9.26. The molecule has 13 heavy (non-hydrogen) atoms. The Bertz CT molecular complexity index is 334. The maximum atomic E-state index is 4.45. The summed E-state index contributed by atoms with van der Waals surface area (Å²) in [5.41, 5.74) is 2.38. The Morgan fingerprint density at radius 3 is 2.85 bits per heavy atom. The zero-order valence-electron chi connectivity index (χ0n) is 7.10. The zero-order valence-corrected chi connectivity index (χ0v) is 9.63. The molecule has 0 radical (unpaired) electrons. The SMILES string of the molecule is CC1=C(c2ccccn2)SSC1S. The van der Waals surface area contributed by atoms with Crippen molar-refractivity contribution >= 4 is 39.1 Å². The van der Waals surface area contributed by atoms with Crippen molar-refractivity contribution in [3.63, 3.8) is 0 Å². The molecule has 1 atom stereocenters.